The highest BCUT2D eigenvalue weighted by atomic mass is 127. The summed E-state index contributed by atoms with van der Waals surface area (Å²) in [5, 5.41) is 3.66. The first kappa shape index (κ1) is 29.2. The van der Waals surface area contributed by atoms with Crippen molar-refractivity contribution in [3.8, 4) is 0 Å². The van der Waals surface area contributed by atoms with Crippen LogP contribution in [0.2, 0.25) is 0 Å². The van der Waals surface area contributed by atoms with Gasteiger partial charge in [0, 0.05) is 9.79 Å². The van der Waals surface area contributed by atoms with Crippen LogP contribution in [0.15, 0.2) is 46.2 Å². The molecule has 0 bridgehead atoms. The molecule has 0 unspecified atom stereocenters. The molecule has 7 heteroatoms. The second-order valence-electron chi connectivity index (χ2n) is 4.51. The van der Waals surface area contributed by atoms with E-state index in [9.17, 15) is 0 Å². The van der Waals surface area contributed by atoms with Gasteiger partial charge in [-0.3, -0.25) is 0 Å². The zero-order valence-corrected chi connectivity index (χ0v) is 23.1. The number of aryl methyl sites for hydroxylation is 2. The molecule has 0 atom stereocenters. The molecular formula is C16H23I4NOS. The number of benzene rings is 2. The number of para-hydroxylation sites is 2. The van der Waals surface area contributed by atoms with E-state index in [2.05, 4.69) is 55.6 Å². The molecule has 1 aliphatic heterocycles. The summed E-state index contributed by atoms with van der Waals surface area (Å²) < 4.78 is 0. The average molecular weight is 785 g/mol. The molecule has 0 saturated heterocycles. The van der Waals surface area contributed by atoms with Crippen molar-refractivity contribution in [3.05, 3.63) is 47.5 Å². The first-order chi connectivity index (χ1) is 8.83. The van der Waals surface area contributed by atoms with Crippen LogP contribution < -0.4 is 5.32 Å². The summed E-state index contributed by atoms with van der Waals surface area (Å²) in [6, 6.07) is 13.1. The van der Waals surface area contributed by atoms with Crippen LogP contribution >= 0.6 is 108 Å². The highest BCUT2D eigenvalue weighted by Gasteiger charge is 2.19. The van der Waals surface area contributed by atoms with Gasteiger partial charge >= 0.3 is 0 Å². The molecule has 0 fully saturated rings. The monoisotopic (exact) mass is 785 g/mol. The van der Waals surface area contributed by atoms with E-state index in [1.165, 1.54) is 32.3 Å². The van der Waals surface area contributed by atoms with E-state index in [1.54, 1.807) is 0 Å². The van der Waals surface area contributed by atoms with Crippen LogP contribution in [-0.2, 0) is 12.8 Å². The number of rotatable bonds is 2. The van der Waals surface area contributed by atoms with Crippen LogP contribution in [0.3, 0.4) is 0 Å². The fourth-order valence-electron chi connectivity index (χ4n) is 2.44. The maximum Gasteiger partial charge on any atom is 0.0558 e. The number of fused-ring (bicyclic) bond motifs is 2. The number of hydrogen-bond donors (Lipinski definition) is 1. The topological polar surface area (TPSA) is 43.5 Å². The third-order valence-corrected chi connectivity index (χ3v) is 4.58. The van der Waals surface area contributed by atoms with Gasteiger partial charge in [-0.05, 0) is 36.1 Å². The second kappa shape index (κ2) is 13.6. The Hall–Kier alpha value is 1.47. The summed E-state index contributed by atoms with van der Waals surface area (Å²) in [5.41, 5.74) is 5.41. The lowest BCUT2D eigenvalue weighted by molar-refractivity contribution is 0.824. The van der Waals surface area contributed by atoms with Crippen LogP contribution in [0.25, 0.3) is 0 Å². The van der Waals surface area contributed by atoms with E-state index in [0.29, 0.717) is 0 Å². The first-order valence-corrected chi connectivity index (χ1v) is 7.33. The van der Waals surface area contributed by atoms with Gasteiger partial charge in [0.15, 0.2) is 0 Å². The summed E-state index contributed by atoms with van der Waals surface area (Å²) in [6.45, 7) is 4.42. The van der Waals surface area contributed by atoms with E-state index in [0.717, 1.165) is 12.8 Å². The van der Waals surface area contributed by atoms with Gasteiger partial charge in [-0.2, -0.15) is 0 Å². The lowest BCUT2D eigenvalue weighted by atomic mass is 10.1. The predicted octanol–water partition coefficient (Wildman–Crippen LogP) is 6.67. The zero-order valence-electron chi connectivity index (χ0n) is 12.9. The zero-order chi connectivity index (χ0) is 12.5. The molecule has 0 radical (unpaired) electrons. The second-order valence-corrected chi connectivity index (χ2v) is 5.60. The average Bonchev–Trinajstić information content (AvgIpc) is 2.43. The normalized spacial score (nSPS) is 9.83. The largest absolute Gasteiger partial charge is 0.412 e. The molecular weight excluding hydrogens is 762 g/mol. The van der Waals surface area contributed by atoms with Crippen LogP contribution in [0.5, 0.6) is 0 Å². The van der Waals surface area contributed by atoms with Crippen molar-refractivity contribution in [1.82, 2.24) is 0 Å². The minimum atomic E-state index is 0. The van der Waals surface area contributed by atoms with E-state index in [-0.39, 0.29) is 101 Å². The lowest BCUT2D eigenvalue weighted by Crippen LogP contribution is -2.05. The Morgan fingerprint density at radius 2 is 1.13 bits per heavy atom. The number of halogens is 4. The van der Waals surface area contributed by atoms with E-state index >= 15 is 0 Å². The smallest absolute Gasteiger partial charge is 0.0558 e. The Balaban J connectivity index is -0.000000800. The van der Waals surface area contributed by atoms with E-state index < -0.39 is 0 Å². The van der Waals surface area contributed by atoms with Gasteiger partial charge in [0.05, 0.1) is 11.4 Å². The first-order valence-electron chi connectivity index (χ1n) is 6.52. The molecule has 0 saturated carbocycles. The molecule has 1 aliphatic rings. The van der Waals surface area contributed by atoms with Gasteiger partial charge in [-0.1, -0.05) is 49.9 Å². The van der Waals surface area contributed by atoms with Gasteiger partial charge in [0.2, 0.25) is 0 Å². The third-order valence-electron chi connectivity index (χ3n) is 3.46. The Kier molecular flexibility index (Phi) is 17.3. The van der Waals surface area contributed by atoms with Gasteiger partial charge in [0.25, 0.3) is 0 Å². The van der Waals surface area contributed by atoms with Crippen molar-refractivity contribution in [2.45, 2.75) is 36.5 Å². The fourth-order valence-corrected chi connectivity index (χ4v) is 3.54. The molecule has 0 amide bonds. The molecule has 2 aromatic carbocycles. The third kappa shape index (κ3) is 6.29. The standard InChI is InChI=1S/C16H17NS.4HI.H2O/c1-3-11-7-5-9-13-15(11)17-16-12(4-2)8-6-10-14(16)18-13;;;;;/h5-10,17H,3-4H2,1-2H3;4*1H;1H2. The quantitative estimate of drug-likeness (QED) is 0.296. The van der Waals surface area contributed by atoms with E-state index in [4.69, 9.17) is 0 Å². The van der Waals surface area contributed by atoms with Crippen molar-refractivity contribution < 1.29 is 5.48 Å². The summed E-state index contributed by atoms with van der Waals surface area (Å²) in [5.74, 6) is 0. The number of hydrogen-bond acceptors (Lipinski definition) is 2. The van der Waals surface area contributed by atoms with Crippen molar-refractivity contribution in [2.24, 2.45) is 0 Å². The van der Waals surface area contributed by atoms with E-state index in [1.807, 2.05) is 11.8 Å². The highest BCUT2D eigenvalue weighted by molar-refractivity contribution is 14.0. The van der Waals surface area contributed by atoms with Gasteiger partial charge < -0.3 is 10.8 Å². The molecule has 3 N–H and O–H groups in total. The Morgan fingerprint density at radius 1 is 0.739 bits per heavy atom. The lowest BCUT2D eigenvalue weighted by Gasteiger charge is -2.25. The minimum absolute atomic E-state index is 0. The maximum atomic E-state index is 3.66. The molecule has 23 heavy (non-hydrogen) atoms. The molecule has 132 valence electrons. The summed E-state index contributed by atoms with van der Waals surface area (Å²) in [4.78, 5) is 2.69. The van der Waals surface area contributed by atoms with Crippen molar-refractivity contribution in [3.63, 3.8) is 0 Å². The SMILES string of the molecule is CCc1cccc2c1Nc1c(CC)cccc1S2.I.I.I.I.O. The Bertz CT molecular complexity index is 559. The predicted molar refractivity (Wildman–Crippen MR) is 144 cm³/mol. The van der Waals surface area contributed by atoms with Crippen LogP contribution in [0.1, 0.15) is 25.0 Å². The van der Waals surface area contributed by atoms with Gasteiger partial charge in [-0.15, -0.1) is 95.9 Å². The van der Waals surface area contributed by atoms with Crippen molar-refractivity contribution in [1.29, 1.82) is 0 Å². The van der Waals surface area contributed by atoms with Gasteiger partial charge in [-0.25, -0.2) is 0 Å². The van der Waals surface area contributed by atoms with Crippen LogP contribution in [0, 0.1) is 0 Å². The van der Waals surface area contributed by atoms with Crippen LogP contribution in [0.4, 0.5) is 11.4 Å². The highest BCUT2D eigenvalue weighted by Crippen LogP contribution is 2.46. The fraction of sp³-hybridized carbons (Fsp3) is 0.250. The molecule has 0 aromatic heterocycles. The molecule has 2 aromatic rings. The maximum absolute atomic E-state index is 3.66. The van der Waals surface area contributed by atoms with Crippen LogP contribution in [-0.4, -0.2) is 5.48 Å². The molecule has 1 heterocycles. The number of anilines is 2. The summed E-state index contributed by atoms with van der Waals surface area (Å²) in [6.07, 6.45) is 2.14. The molecule has 3 rings (SSSR count). The van der Waals surface area contributed by atoms with Crippen molar-refractivity contribution >= 4 is 119 Å². The van der Waals surface area contributed by atoms with Gasteiger partial charge in [0.1, 0.15) is 0 Å². The van der Waals surface area contributed by atoms with Crippen molar-refractivity contribution in [2.75, 3.05) is 5.32 Å². The number of nitrogens with one attached hydrogen (secondary N) is 1. The molecule has 0 spiro atoms. The molecule has 2 nitrogen and oxygen atoms in total. The Labute approximate surface area is 211 Å². The summed E-state index contributed by atoms with van der Waals surface area (Å²) >= 11 is 1.88. The molecule has 0 aliphatic carbocycles. The Morgan fingerprint density at radius 3 is 1.48 bits per heavy atom. The summed E-state index contributed by atoms with van der Waals surface area (Å²) in [7, 11) is 0. The minimum Gasteiger partial charge on any atom is -0.412 e.